The maximum absolute atomic E-state index is 5.17. The second-order valence-corrected chi connectivity index (χ2v) is 5.09. The molecule has 2 saturated heterocycles. The SMILES string of the molecule is S=C(S)N1CCN(CC2COC2)CC1. The molecule has 2 aliphatic rings. The third-order valence-electron chi connectivity index (χ3n) is 2.87. The van der Waals surface area contributed by atoms with Gasteiger partial charge >= 0.3 is 0 Å². The van der Waals surface area contributed by atoms with Crippen LogP contribution >= 0.6 is 24.8 Å². The minimum absolute atomic E-state index is 0.733. The molecule has 0 radical (unpaired) electrons. The summed E-state index contributed by atoms with van der Waals surface area (Å²) in [6.45, 7) is 7.35. The molecule has 0 spiro atoms. The van der Waals surface area contributed by atoms with E-state index in [1.54, 1.807) is 0 Å². The van der Waals surface area contributed by atoms with Gasteiger partial charge in [-0.25, -0.2) is 0 Å². The summed E-state index contributed by atoms with van der Waals surface area (Å²) in [6.07, 6.45) is 0. The lowest BCUT2D eigenvalue weighted by molar-refractivity contribution is -0.0493. The lowest BCUT2D eigenvalue weighted by Crippen LogP contribution is -2.50. The normalized spacial score (nSPS) is 24.8. The molecule has 0 aromatic heterocycles. The Labute approximate surface area is 95.8 Å². The third kappa shape index (κ3) is 2.59. The number of hydrogen-bond acceptors (Lipinski definition) is 3. The lowest BCUT2D eigenvalue weighted by atomic mass is 10.1. The fourth-order valence-electron chi connectivity index (χ4n) is 1.88. The van der Waals surface area contributed by atoms with Gasteiger partial charge in [0.05, 0.1) is 13.2 Å². The Morgan fingerprint density at radius 2 is 1.93 bits per heavy atom. The van der Waals surface area contributed by atoms with Gasteiger partial charge in [0.1, 0.15) is 4.32 Å². The first-order valence-electron chi connectivity index (χ1n) is 5.03. The fourth-order valence-corrected chi connectivity index (χ4v) is 2.26. The average Bonchev–Trinajstić information content (AvgIpc) is 2.12. The Hall–Kier alpha value is 0.160. The molecule has 0 bridgehead atoms. The highest BCUT2D eigenvalue weighted by Gasteiger charge is 2.24. The summed E-state index contributed by atoms with van der Waals surface area (Å²) < 4.78 is 5.90. The Morgan fingerprint density at radius 1 is 1.29 bits per heavy atom. The van der Waals surface area contributed by atoms with Crippen LogP contribution in [0, 0.1) is 5.92 Å². The van der Waals surface area contributed by atoms with Crippen LogP contribution in [0.4, 0.5) is 0 Å². The van der Waals surface area contributed by atoms with Crippen molar-refractivity contribution in [1.29, 1.82) is 0 Å². The van der Waals surface area contributed by atoms with E-state index in [4.69, 9.17) is 17.0 Å². The number of nitrogens with zero attached hydrogens (tertiary/aromatic N) is 2. The van der Waals surface area contributed by atoms with Gasteiger partial charge in [-0.1, -0.05) is 12.2 Å². The molecule has 2 fully saturated rings. The smallest absolute Gasteiger partial charge is 0.133 e. The van der Waals surface area contributed by atoms with Gasteiger partial charge in [0.25, 0.3) is 0 Å². The summed E-state index contributed by atoms with van der Waals surface area (Å²) in [4.78, 5) is 4.65. The Balaban J connectivity index is 1.69. The van der Waals surface area contributed by atoms with Crippen molar-refractivity contribution in [3.63, 3.8) is 0 Å². The Bertz CT molecular complexity index is 213. The summed E-state index contributed by atoms with van der Waals surface area (Å²) in [5.41, 5.74) is 0. The highest BCUT2D eigenvalue weighted by molar-refractivity contribution is 8.10. The summed E-state index contributed by atoms with van der Waals surface area (Å²) >= 11 is 9.22. The summed E-state index contributed by atoms with van der Waals surface area (Å²) in [6, 6.07) is 0. The summed E-state index contributed by atoms with van der Waals surface area (Å²) in [5.74, 6) is 0.768. The number of thiol groups is 1. The average molecular weight is 232 g/mol. The van der Waals surface area contributed by atoms with Crippen molar-refractivity contribution in [3.8, 4) is 0 Å². The molecule has 2 heterocycles. The predicted molar refractivity (Wildman–Crippen MR) is 63.9 cm³/mol. The molecule has 14 heavy (non-hydrogen) atoms. The molecular formula is C9H16N2OS2. The van der Waals surface area contributed by atoms with Gasteiger partial charge in [-0.05, 0) is 0 Å². The van der Waals surface area contributed by atoms with Crippen LogP contribution in [0.15, 0.2) is 0 Å². The number of rotatable bonds is 2. The minimum Gasteiger partial charge on any atom is -0.381 e. The van der Waals surface area contributed by atoms with Gasteiger partial charge in [0.15, 0.2) is 0 Å². The maximum atomic E-state index is 5.17. The van der Waals surface area contributed by atoms with Crippen LogP contribution in [-0.2, 0) is 4.74 Å². The minimum atomic E-state index is 0.733. The molecule has 0 atom stereocenters. The Morgan fingerprint density at radius 3 is 2.36 bits per heavy atom. The van der Waals surface area contributed by atoms with Gasteiger partial charge in [-0.3, -0.25) is 4.90 Å². The molecule has 0 aromatic rings. The second-order valence-electron chi connectivity index (χ2n) is 3.97. The van der Waals surface area contributed by atoms with Gasteiger partial charge in [0.2, 0.25) is 0 Å². The first-order chi connectivity index (χ1) is 6.75. The first-order valence-corrected chi connectivity index (χ1v) is 5.89. The van der Waals surface area contributed by atoms with Crippen LogP contribution in [0.25, 0.3) is 0 Å². The van der Waals surface area contributed by atoms with Crippen molar-refractivity contribution in [2.75, 3.05) is 45.9 Å². The van der Waals surface area contributed by atoms with E-state index in [2.05, 4.69) is 22.4 Å². The van der Waals surface area contributed by atoms with Crippen molar-refractivity contribution in [1.82, 2.24) is 9.80 Å². The van der Waals surface area contributed by atoms with Crippen LogP contribution in [0.2, 0.25) is 0 Å². The molecule has 0 unspecified atom stereocenters. The third-order valence-corrected chi connectivity index (χ3v) is 3.41. The molecular weight excluding hydrogens is 216 g/mol. The molecule has 80 valence electrons. The standard InChI is InChI=1S/C9H16N2OS2/c13-9(14)11-3-1-10(2-4-11)5-8-6-12-7-8/h8H,1-7H2,(H,13,14). The van der Waals surface area contributed by atoms with E-state index in [0.29, 0.717) is 0 Å². The van der Waals surface area contributed by atoms with Crippen molar-refractivity contribution in [2.24, 2.45) is 5.92 Å². The van der Waals surface area contributed by atoms with E-state index < -0.39 is 0 Å². The number of thiocarbonyl (C=S) groups is 1. The summed E-state index contributed by atoms with van der Waals surface area (Å²) in [5, 5.41) is 0. The molecule has 0 saturated carbocycles. The number of hydrogen-bond donors (Lipinski definition) is 1. The summed E-state index contributed by atoms with van der Waals surface area (Å²) in [7, 11) is 0. The molecule has 5 heteroatoms. The van der Waals surface area contributed by atoms with E-state index in [9.17, 15) is 0 Å². The highest BCUT2D eigenvalue weighted by Crippen LogP contribution is 2.13. The maximum Gasteiger partial charge on any atom is 0.133 e. The predicted octanol–water partition coefficient (Wildman–Crippen LogP) is 0.465. The topological polar surface area (TPSA) is 15.7 Å². The zero-order chi connectivity index (χ0) is 9.97. The van der Waals surface area contributed by atoms with Gasteiger partial charge < -0.3 is 9.64 Å². The molecule has 0 aromatic carbocycles. The highest BCUT2D eigenvalue weighted by atomic mass is 32.1. The molecule has 2 aliphatic heterocycles. The van der Waals surface area contributed by atoms with Crippen LogP contribution in [0.1, 0.15) is 0 Å². The van der Waals surface area contributed by atoms with Crippen LogP contribution < -0.4 is 0 Å². The van der Waals surface area contributed by atoms with E-state index >= 15 is 0 Å². The molecule has 0 amide bonds. The van der Waals surface area contributed by atoms with Gasteiger partial charge in [-0.2, -0.15) is 0 Å². The molecule has 0 N–H and O–H groups in total. The monoisotopic (exact) mass is 232 g/mol. The second kappa shape index (κ2) is 4.79. The van der Waals surface area contributed by atoms with Crippen molar-refractivity contribution < 1.29 is 4.74 Å². The van der Waals surface area contributed by atoms with Gasteiger partial charge in [0, 0.05) is 38.6 Å². The van der Waals surface area contributed by atoms with Crippen LogP contribution in [0.5, 0.6) is 0 Å². The zero-order valence-electron chi connectivity index (χ0n) is 8.19. The van der Waals surface area contributed by atoms with Crippen molar-refractivity contribution in [2.45, 2.75) is 0 Å². The van der Waals surface area contributed by atoms with E-state index in [-0.39, 0.29) is 0 Å². The molecule has 2 rings (SSSR count). The molecule has 0 aliphatic carbocycles. The quantitative estimate of drug-likeness (QED) is 0.550. The lowest BCUT2D eigenvalue weighted by Gasteiger charge is -2.38. The molecule has 3 nitrogen and oxygen atoms in total. The number of piperazine rings is 1. The Kier molecular flexibility index (Phi) is 3.65. The van der Waals surface area contributed by atoms with Gasteiger partial charge in [-0.15, -0.1) is 12.6 Å². The van der Waals surface area contributed by atoms with E-state index in [0.717, 1.165) is 49.6 Å². The van der Waals surface area contributed by atoms with E-state index in [1.807, 2.05) is 0 Å². The van der Waals surface area contributed by atoms with E-state index in [1.165, 1.54) is 6.54 Å². The fraction of sp³-hybridized carbons (Fsp3) is 0.889. The van der Waals surface area contributed by atoms with Crippen molar-refractivity contribution >= 4 is 29.2 Å². The van der Waals surface area contributed by atoms with Crippen LogP contribution in [0.3, 0.4) is 0 Å². The first kappa shape index (κ1) is 10.7. The number of ether oxygens (including phenoxy) is 1. The largest absolute Gasteiger partial charge is 0.381 e. The van der Waals surface area contributed by atoms with Crippen molar-refractivity contribution in [3.05, 3.63) is 0 Å². The zero-order valence-corrected chi connectivity index (χ0v) is 9.90. The van der Waals surface area contributed by atoms with Crippen LogP contribution in [-0.4, -0.2) is 60.1 Å².